The molecule has 0 bridgehead atoms. The average molecular weight is 184 g/mol. The fraction of sp³-hybridized carbons (Fsp3) is 1.00. The Balaban J connectivity index is 2.17. The largest absolute Gasteiger partial charge is 0.328 e. The summed E-state index contributed by atoms with van der Waals surface area (Å²) in [6.45, 7) is 10.5. The van der Waals surface area contributed by atoms with E-state index in [4.69, 9.17) is 5.73 Å². The van der Waals surface area contributed by atoms with Gasteiger partial charge in [0.25, 0.3) is 0 Å². The first-order valence-electron chi connectivity index (χ1n) is 5.57. The maximum Gasteiger partial charge on any atom is 0.00514 e. The fourth-order valence-electron chi connectivity index (χ4n) is 1.94. The normalized spacial score (nSPS) is 27.0. The van der Waals surface area contributed by atoms with Crippen molar-refractivity contribution >= 4 is 0 Å². The van der Waals surface area contributed by atoms with Gasteiger partial charge in [-0.2, -0.15) is 0 Å². The monoisotopic (exact) mass is 184 g/mol. The van der Waals surface area contributed by atoms with E-state index in [1.165, 1.54) is 32.5 Å². The van der Waals surface area contributed by atoms with Gasteiger partial charge in [-0.05, 0) is 44.7 Å². The van der Waals surface area contributed by atoms with Crippen LogP contribution >= 0.6 is 0 Å². The highest BCUT2D eigenvalue weighted by atomic mass is 15.1. The molecule has 1 aliphatic rings. The second-order valence-electron chi connectivity index (χ2n) is 4.89. The van der Waals surface area contributed by atoms with Crippen molar-refractivity contribution in [3.63, 3.8) is 0 Å². The zero-order valence-corrected chi connectivity index (χ0v) is 9.29. The Kier molecular flexibility index (Phi) is 4.20. The Morgan fingerprint density at radius 3 is 2.54 bits per heavy atom. The van der Waals surface area contributed by atoms with Gasteiger partial charge in [-0.25, -0.2) is 0 Å². The minimum atomic E-state index is 0.379. The van der Waals surface area contributed by atoms with Crippen LogP contribution in [0.1, 0.15) is 33.6 Å². The zero-order valence-electron chi connectivity index (χ0n) is 9.29. The molecule has 0 spiro atoms. The van der Waals surface area contributed by atoms with Crippen molar-refractivity contribution < 1.29 is 0 Å². The smallest absolute Gasteiger partial charge is 0.00514 e. The molecule has 1 rings (SSSR count). The molecule has 0 radical (unpaired) electrons. The van der Waals surface area contributed by atoms with E-state index in [1.54, 1.807) is 0 Å². The lowest BCUT2D eigenvalue weighted by molar-refractivity contribution is 0.295. The van der Waals surface area contributed by atoms with Crippen LogP contribution in [-0.4, -0.2) is 30.6 Å². The molecule has 1 saturated heterocycles. The van der Waals surface area contributed by atoms with Gasteiger partial charge < -0.3 is 10.6 Å². The molecule has 0 amide bonds. The standard InChI is InChI=1S/C11H24N2/c1-9(2)4-6-13-7-5-11(8-13)10(3)12/h9-11H,4-8,12H2,1-3H3. The zero-order chi connectivity index (χ0) is 9.84. The van der Waals surface area contributed by atoms with E-state index in [-0.39, 0.29) is 0 Å². The summed E-state index contributed by atoms with van der Waals surface area (Å²) in [4.78, 5) is 2.56. The van der Waals surface area contributed by atoms with E-state index in [0.29, 0.717) is 6.04 Å². The minimum Gasteiger partial charge on any atom is -0.328 e. The molecule has 0 aromatic carbocycles. The first-order valence-corrected chi connectivity index (χ1v) is 5.57. The summed E-state index contributed by atoms with van der Waals surface area (Å²) in [5, 5.41) is 0. The number of nitrogens with two attached hydrogens (primary N) is 1. The van der Waals surface area contributed by atoms with E-state index >= 15 is 0 Å². The van der Waals surface area contributed by atoms with Crippen LogP contribution in [0, 0.1) is 11.8 Å². The predicted octanol–water partition coefficient (Wildman–Crippen LogP) is 1.70. The van der Waals surface area contributed by atoms with Crippen LogP contribution in [0.3, 0.4) is 0 Å². The van der Waals surface area contributed by atoms with Gasteiger partial charge >= 0.3 is 0 Å². The molecule has 0 aromatic heterocycles. The molecule has 2 N–H and O–H groups in total. The van der Waals surface area contributed by atoms with Crippen LogP contribution in [0.25, 0.3) is 0 Å². The predicted molar refractivity (Wildman–Crippen MR) is 57.7 cm³/mol. The van der Waals surface area contributed by atoms with Gasteiger partial charge in [0.2, 0.25) is 0 Å². The summed E-state index contributed by atoms with van der Waals surface area (Å²) in [5.41, 5.74) is 5.89. The molecule has 2 atom stereocenters. The Labute approximate surface area is 82.5 Å². The van der Waals surface area contributed by atoms with Crippen molar-refractivity contribution in [1.82, 2.24) is 4.90 Å². The number of hydrogen-bond acceptors (Lipinski definition) is 2. The SMILES string of the molecule is CC(C)CCN1CCC(C(C)N)C1. The van der Waals surface area contributed by atoms with Gasteiger partial charge in [-0.1, -0.05) is 13.8 Å². The Morgan fingerprint density at radius 2 is 2.08 bits per heavy atom. The molecule has 13 heavy (non-hydrogen) atoms. The van der Waals surface area contributed by atoms with Gasteiger partial charge in [0.15, 0.2) is 0 Å². The van der Waals surface area contributed by atoms with Crippen molar-refractivity contribution in [1.29, 1.82) is 0 Å². The van der Waals surface area contributed by atoms with Crippen LogP contribution in [0.4, 0.5) is 0 Å². The van der Waals surface area contributed by atoms with Crippen LogP contribution in [0.5, 0.6) is 0 Å². The lowest BCUT2D eigenvalue weighted by Gasteiger charge is -2.18. The van der Waals surface area contributed by atoms with Crippen LogP contribution < -0.4 is 5.73 Å². The second kappa shape index (κ2) is 4.97. The number of rotatable bonds is 4. The van der Waals surface area contributed by atoms with E-state index in [0.717, 1.165) is 11.8 Å². The molecule has 2 unspecified atom stereocenters. The van der Waals surface area contributed by atoms with Gasteiger partial charge in [-0.15, -0.1) is 0 Å². The van der Waals surface area contributed by atoms with Crippen molar-refractivity contribution in [2.75, 3.05) is 19.6 Å². The quantitative estimate of drug-likeness (QED) is 0.720. The maximum atomic E-state index is 5.89. The average Bonchev–Trinajstić information content (AvgIpc) is 2.48. The van der Waals surface area contributed by atoms with Gasteiger partial charge in [0, 0.05) is 12.6 Å². The molecule has 1 aliphatic heterocycles. The van der Waals surface area contributed by atoms with Crippen molar-refractivity contribution in [2.24, 2.45) is 17.6 Å². The molecule has 0 saturated carbocycles. The van der Waals surface area contributed by atoms with Crippen LogP contribution in [-0.2, 0) is 0 Å². The number of likely N-dealkylation sites (tertiary alicyclic amines) is 1. The number of nitrogens with zero attached hydrogens (tertiary/aromatic N) is 1. The maximum absolute atomic E-state index is 5.89. The van der Waals surface area contributed by atoms with E-state index in [1.807, 2.05) is 0 Å². The lowest BCUT2D eigenvalue weighted by Crippen LogP contribution is -2.30. The second-order valence-corrected chi connectivity index (χ2v) is 4.89. The van der Waals surface area contributed by atoms with E-state index < -0.39 is 0 Å². The summed E-state index contributed by atoms with van der Waals surface area (Å²) < 4.78 is 0. The summed E-state index contributed by atoms with van der Waals surface area (Å²) in [6.07, 6.45) is 2.63. The molecule has 0 aliphatic carbocycles. The summed E-state index contributed by atoms with van der Waals surface area (Å²) in [6, 6.07) is 0.379. The molecule has 78 valence electrons. The third-order valence-corrected chi connectivity index (χ3v) is 3.08. The molecule has 0 aromatic rings. The number of hydrogen-bond donors (Lipinski definition) is 1. The van der Waals surface area contributed by atoms with E-state index in [9.17, 15) is 0 Å². The summed E-state index contributed by atoms with van der Waals surface area (Å²) in [5.74, 6) is 1.57. The molecule has 1 heterocycles. The fourth-order valence-corrected chi connectivity index (χ4v) is 1.94. The Morgan fingerprint density at radius 1 is 1.38 bits per heavy atom. The third-order valence-electron chi connectivity index (χ3n) is 3.08. The van der Waals surface area contributed by atoms with E-state index in [2.05, 4.69) is 25.7 Å². The Bertz CT molecular complexity index is 143. The highest BCUT2D eigenvalue weighted by molar-refractivity contribution is 4.80. The van der Waals surface area contributed by atoms with Gasteiger partial charge in [0.05, 0.1) is 0 Å². The first-order chi connectivity index (χ1) is 6.09. The highest BCUT2D eigenvalue weighted by Crippen LogP contribution is 2.19. The molecule has 2 nitrogen and oxygen atoms in total. The van der Waals surface area contributed by atoms with Crippen molar-refractivity contribution in [3.05, 3.63) is 0 Å². The first kappa shape index (κ1) is 11.0. The third kappa shape index (κ3) is 3.65. The summed E-state index contributed by atoms with van der Waals surface area (Å²) >= 11 is 0. The van der Waals surface area contributed by atoms with Crippen LogP contribution in [0.15, 0.2) is 0 Å². The molecule has 1 fully saturated rings. The molecular weight excluding hydrogens is 160 g/mol. The molecular formula is C11H24N2. The van der Waals surface area contributed by atoms with Crippen molar-refractivity contribution in [2.45, 2.75) is 39.7 Å². The van der Waals surface area contributed by atoms with Gasteiger partial charge in [-0.3, -0.25) is 0 Å². The van der Waals surface area contributed by atoms with Gasteiger partial charge in [0.1, 0.15) is 0 Å². The Hall–Kier alpha value is -0.0800. The summed E-state index contributed by atoms with van der Waals surface area (Å²) in [7, 11) is 0. The minimum absolute atomic E-state index is 0.379. The topological polar surface area (TPSA) is 29.3 Å². The van der Waals surface area contributed by atoms with Crippen molar-refractivity contribution in [3.8, 4) is 0 Å². The highest BCUT2D eigenvalue weighted by Gasteiger charge is 2.24. The molecule has 2 heteroatoms. The van der Waals surface area contributed by atoms with Crippen LogP contribution in [0.2, 0.25) is 0 Å². The lowest BCUT2D eigenvalue weighted by atomic mass is 10.0.